The molecule has 6 heteroatoms. The highest BCUT2D eigenvalue weighted by molar-refractivity contribution is 9.09. The average molecular weight is 408 g/mol. The zero-order valence-corrected chi connectivity index (χ0v) is 15.2. The maximum atomic E-state index is 13.0. The SMILES string of the molecule is O=c1c(CCCCBr)c(O)c2cccnc2n1-c1ccc(Cl)cc1. The van der Waals surface area contributed by atoms with Crippen molar-refractivity contribution in [2.45, 2.75) is 19.3 Å². The van der Waals surface area contributed by atoms with Crippen LogP contribution in [0.15, 0.2) is 47.4 Å². The van der Waals surface area contributed by atoms with Gasteiger partial charge in [-0.1, -0.05) is 27.5 Å². The summed E-state index contributed by atoms with van der Waals surface area (Å²) in [6, 6.07) is 10.5. The molecule has 2 aromatic heterocycles. The Labute approximate surface area is 152 Å². The first-order valence-corrected chi connectivity index (χ1v) is 9.17. The average Bonchev–Trinajstić information content (AvgIpc) is 2.60. The summed E-state index contributed by atoms with van der Waals surface area (Å²) in [7, 11) is 0. The van der Waals surface area contributed by atoms with E-state index < -0.39 is 0 Å². The summed E-state index contributed by atoms with van der Waals surface area (Å²) in [5, 5.41) is 12.6. The molecule has 0 radical (unpaired) electrons. The van der Waals surface area contributed by atoms with Crippen LogP contribution in [0.4, 0.5) is 0 Å². The summed E-state index contributed by atoms with van der Waals surface area (Å²) < 4.78 is 1.54. The van der Waals surface area contributed by atoms with Gasteiger partial charge >= 0.3 is 0 Å². The summed E-state index contributed by atoms with van der Waals surface area (Å²) in [6.45, 7) is 0. The number of halogens is 2. The van der Waals surface area contributed by atoms with E-state index in [1.165, 1.54) is 4.57 Å². The highest BCUT2D eigenvalue weighted by atomic mass is 79.9. The zero-order chi connectivity index (χ0) is 17.1. The van der Waals surface area contributed by atoms with E-state index in [4.69, 9.17) is 11.6 Å². The molecular weight excluding hydrogens is 392 g/mol. The van der Waals surface area contributed by atoms with Crippen LogP contribution in [0, 0.1) is 0 Å². The Morgan fingerprint density at radius 2 is 1.92 bits per heavy atom. The Balaban J connectivity index is 2.26. The molecule has 0 saturated carbocycles. The smallest absolute Gasteiger partial charge is 0.263 e. The molecule has 3 rings (SSSR count). The van der Waals surface area contributed by atoms with Crippen molar-refractivity contribution < 1.29 is 5.11 Å². The molecular formula is C18H16BrClN2O2. The number of fused-ring (bicyclic) bond motifs is 1. The van der Waals surface area contributed by atoms with Crippen LogP contribution in [0.3, 0.4) is 0 Å². The van der Waals surface area contributed by atoms with Gasteiger partial charge in [-0.3, -0.25) is 9.36 Å². The fourth-order valence-corrected chi connectivity index (χ4v) is 3.23. The Kier molecular flexibility index (Phi) is 5.21. The second kappa shape index (κ2) is 7.36. The number of hydrogen-bond acceptors (Lipinski definition) is 3. The van der Waals surface area contributed by atoms with Crippen molar-refractivity contribution in [1.82, 2.24) is 9.55 Å². The summed E-state index contributed by atoms with van der Waals surface area (Å²) >= 11 is 9.34. The molecule has 3 aromatic rings. The van der Waals surface area contributed by atoms with Gasteiger partial charge in [0.05, 0.1) is 16.6 Å². The van der Waals surface area contributed by atoms with Crippen LogP contribution in [0.5, 0.6) is 5.75 Å². The lowest BCUT2D eigenvalue weighted by Crippen LogP contribution is -2.23. The van der Waals surface area contributed by atoms with Gasteiger partial charge in [-0.2, -0.15) is 0 Å². The van der Waals surface area contributed by atoms with Gasteiger partial charge in [-0.05, 0) is 55.7 Å². The predicted octanol–water partition coefficient (Wildman–Crippen LogP) is 4.46. The van der Waals surface area contributed by atoms with Gasteiger partial charge < -0.3 is 5.11 Å². The van der Waals surface area contributed by atoms with Gasteiger partial charge in [0.1, 0.15) is 5.75 Å². The van der Waals surface area contributed by atoms with Gasteiger partial charge in [0, 0.05) is 16.5 Å². The zero-order valence-electron chi connectivity index (χ0n) is 12.9. The van der Waals surface area contributed by atoms with Crippen LogP contribution in [-0.2, 0) is 6.42 Å². The van der Waals surface area contributed by atoms with Crippen LogP contribution < -0.4 is 5.56 Å². The van der Waals surface area contributed by atoms with Crippen molar-refractivity contribution in [3.05, 3.63) is 63.5 Å². The third kappa shape index (κ3) is 3.19. The lowest BCUT2D eigenvalue weighted by atomic mass is 10.1. The first kappa shape index (κ1) is 17.0. The van der Waals surface area contributed by atoms with Crippen LogP contribution in [0.1, 0.15) is 18.4 Å². The van der Waals surface area contributed by atoms with Gasteiger partial charge in [-0.25, -0.2) is 4.98 Å². The van der Waals surface area contributed by atoms with E-state index in [-0.39, 0.29) is 11.3 Å². The second-order valence-corrected chi connectivity index (χ2v) is 6.69. The van der Waals surface area contributed by atoms with Gasteiger partial charge in [0.25, 0.3) is 5.56 Å². The highest BCUT2D eigenvalue weighted by Gasteiger charge is 2.17. The molecule has 0 fully saturated rings. The number of nitrogens with zero attached hydrogens (tertiary/aromatic N) is 2. The summed E-state index contributed by atoms with van der Waals surface area (Å²) in [5.41, 5.74) is 1.29. The molecule has 24 heavy (non-hydrogen) atoms. The molecule has 0 spiro atoms. The molecule has 2 heterocycles. The Morgan fingerprint density at radius 1 is 1.17 bits per heavy atom. The maximum Gasteiger partial charge on any atom is 0.263 e. The summed E-state index contributed by atoms with van der Waals surface area (Å²) in [6.07, 6.45) is 3.89. The van der Waals surface area contributed by atoms with Gasteiger partial charge in [-0.15, -0.1) is 0 Å². The standard InChI is InChI=1S/C18H16BrClN2O2/c19-10-2-1-4-15-16(23)14-5-3-11-21-17(14)22(18(15)24)13-8-6-12(20)7-9-13/h3,5-9,11,23H,1-2,4,10H2. The number of hydrogen-bond donors (Lipinski definition) is 1. The van der Waals surface area contributed by atoms with E-state index in [0.29, 0.717) is 33.7 Å². The predicted molar refractivity (Wildman–Crippen MR) is 101 cm³/mol. The topological polar surface area (TPSA) is 55.1 Å². The van der Waals surface area contributed by atoms with Crippen molar-refractivity contribution in [3.8, 4) is 11.4 Å². The third-order valence-corrected chi connectivity index (χ3v) is 4.71. The van der Waals surface area contributed by atoms with Crippen molar-refractivity contribution in [2.24, 2.45) is 0 Å². The number of aromatic hydroxyl groups is 1. The van der Waals surface area contributed by atoms with Crippen molar-refractivity contribution in [2.75, 3.05) is 5.33 Å². The molecule has 124 valence electrons. The van der Waals surface area contributed by atoms with E-state index in [9.17, 15) is 9.90 Å². The van der Waals surface area contributed by atoms with Crippen molar-refractivity contribution >= 4 is 38.6 Å². The minimum absolute atomic E-state index is 0.0304. The molecule has 1 N–H and O–H groups in total. The van der Waals surface area contributed by atoms with E-state index in [2.05, 4.69) is 20.9 Å². The lowest BCUT2D eigenvalue weighted by Gasteiger charge is -2.14. The molecule has 4 nitrogen and oxygen atoms in total. The third-order valence-electron chi connectivity index (χ3n) is 3.90. The molecule has 0 aliphatic rings. The molecule has 0 saturated heterocycles. The fourth-order valence-electron chi connectivity index (χ4n) is 2.71. The fraction of sp³-hybridized carbons (Fsp3) is 0.222. The number of benzene rings is 1. The molecule has 0 aliphatic heterocycles. The lowest BCUT2D eigenvalue weighted by molar-refractivity contribution is 0.470. The Hall–Kier alpha value is -1.85. The van der Waals surface area contributed by atoms with Crippen molar-refractivity contribution in [1.29, 1.82) is 0 Å². The van der Waals surface area contributed by atoms with E-state index in [1.54, 1.807) is 42.6 Å². The maximum absolute atomic E-state index is 13.0. The minimum Gasteiger partial charge on any atom is -0.507 e. The summed E-state index contributed by atoms with van der Waals surface area (Å²) in [5.74, 6) is 0.0304. The number of pyridine rings is 2. The molecule has 0 unspecified atom stereocenters. The van der Waals surface area contributed by atoms with Crippen LogP contribution in [0.2, 0.25) is 5.02 Å². The number of rotatable bonds is 5. The van der Waals surface area contributed by atoms with E-state index >= 15 is 0 Å². The monoisotopic (exact) mass is 406 g/mol. The van der Waals surface area contributed by atoms with E-state index in [1.807, 2.05) is 0 Å². The highest BCUT2D eigenvalue weighted by Crippen LogP contribution is 2.28. The van der Waals surface area contributed by atoms with Gasteiger partial charge in [0.15, 0.2) is 5.65 Å². The molecule has 0 amide bonds. The quantitative estimate of drug-likeness (QED) is 0.502. The second-order valence-electron chi connectivity index (χ2n) is 5.46. The first-order valence-electron chi connectivity index (χ1n) is 7.67. The Morgan fingerprint density at radius 3 is 2.62 bits per heavy atom. The van der Waals surface area contributed by atoms with Crippen LogP contribution in [0.25, 0.3) is 16.7 Å². The molecule has 0 bridgehead atoms. The number of aromatic nitrogens is 2. The number of unbranched alkanes of at least 4 members (excludes halogenated alkanes) is 1. The molecule has 0 atom stereocenters. The van der Waals surface area contributed by atoms with Crippen LogP contribution >= 0.6 is 27.5 Å². The normalized spacial score (nSPS) is 11.1. The van der Waals surface area contributed by atoms with E-state index in [0.717, 1.165) is 18.2 Å². The minimum atomic E-state index is -0.240. The number of alkyl halides is 1. The largest absolute Gasteiger partial charge is 0.507 e. The van der Waals surface area contributed by atoms with Crippen molar-refractivity contribution in [3.63, 3.8) is 0 Å². The van der Waals surface area contributed by atoms with Gasteiger partial charge in [0.2, 0.25) is 0 Å². The van der Waals surface area contributed by atoms with Crippen LogP contribution in [-0.4, -0.2) is 20.0 Å². The molecule has 0 aliphatic carbocycles. The summed E-state index contributed by atoms with van der Waals surface area (Å²) in [4.78, 5) is 17.3. The Bertz CT molecular complexity index is 923. The molecule has 1 aromatic carbocycles. The first-order chi connectivity index (χ1) is 11.6.